The minimum absolute atomic E-state index is 0.160. The zero-order valence-corrected chi connectivity index (χ0v) is 16.0. The van der Waals surface area contributed by atoms with Crippen LogP contribution in [0.2, 0.25) is 0 Å². The number of benzene rings is 3. The standard InChI is InChI=1S/C22H18N2O3S/c1-26-17-11-7-10-16(14-17)23-21(25)20(15-8-3-2-4-9-15)28-22-24-18-12-5-6-13-19(18)27-22/h2-14,20H,1H3,(H,23,25). The fourth-order valence-electron chi connectivity index (χ4n) is 2.81. The molecular weight excluding hydrogens is 372 g/mol. The van der Waals surface area contributed by atoms with Gasteiger partial charge in [0.1, 0.15) is 16.5 Å². The van der Waals surface area contributed by atoms with E-state index in [2.05, 4.69) is 10.3 Å². The van der Waals surface area contributed by atoms with E-state index in [-0.39, 0.29) is 5.91 Å². The second kappa shape index (κ2) is 8.19. The Morgan fingerprint density at radius 1 is 1.04 bits per heavy atom. The van der Waals surface area contributed by atoms with Crippen LogP contribution in [0.15, 0.2) is 88.5 Å². The van der Waals surface area contributed by atoms with Gasteiger partial charge in [0.2, 0.25) is 5.91 Å². The Kier molecular flexibility index (Phi) is 5.30. The van der Waals surface area contributed by atoms with E-state index in [0.29, 0.717) is 22.2 Å². The fraction of sp³-hybridized carbons (Fsp3) is 0.0909. The number of para-hydroxylation sites is 2. The minimum Gasteiger partial charge on any atom is -0.497 e. The van der Waals surface area contributed by atoms with Gasteiger partial charge in [0.15, 0.2) is 5.58 Å². The number of methoxy groups -OCH3 is 1. The van der Waals surface area contributed by atoms with E-state index in [0.717, 1.165) is 11.1 Å². The third-order valence-electron chi connectivity index (χ3n) is 4.17. The molecule has 0 saturated carbocycles. The molecule has 0 bridgehead atoms. The van der Waals surface area contributed by atoms with Gasteiger partial charge in [-0.15, -0.1) is 0 Å². The average molecular weight is 390 g/mol. The highest BCUT2D eigenvalue weighted by Gasteiger charge is 2.25. The number of hydrogen-bond acceptors (Lipinski definition) is 5. The van der Waals surface area contributed by atoms with Crippen molar-refractivity contribution in [2.75, 3.05) is 12.4 Å². The van der Waals surface area contributed by atoms with Crippen molar-refractivity contribution in [3.8, 4) is 5.75 Å². The van der Waals surface area contributed by atoms with E-state index < -0.39 is 5.25 Å². The summed E-state index contributed by atoms with van der Waals surface area (Å²) >= 11 is 1.28. The van der Waals surface area contributed by atoms with E-state index in [1.165, 1.54) is 11.8 Å². The molecule has 1 N–H and O–H groups in total. The lowest BCUT2D eigenvalue weighted by Gasteiger charge is -2.15. The van der Waals surface area contributed by atoms with Crippen molar-refractivity contribution in [1.29, 1.82) is 0 Å². The van der Waals surface area contributed by atoms with Crippen LogP contribution in [-0.4, -0.2) is 18.0 Å². The number of rotatable bonds is 6. The Balaban J connectivity index is 1.62. The van der Waals surface area contributed by atoms with Gasteiger partial charge in [0.05, 0.1) is 7.11 Å². The lowest BCUT2D eigenvalue weighted by atomic mass is 10.1. The molecule has 0 spiro atoms. The predicted octanol–water partition coefficient (Wildman–Crippen LogP) is 5.31. The SMILES string of the molecule is COc1cccc(NC(=O)C(Sc2nc3ccccc3o2)c2ccccc2)c1. The highest BCUT2D eigenvalue weighted by atomic mass is 32.2. The Morgan fingerprint density at radius 3 is 2.61 bits per heavy atom. The van der Waals surface area contributed by atoms with Gasteiger partial charge in [-0.2, -0.15) is 0 Å². The molecule has 1 amide bonds. The van der Waals surface area contributed by atoms with Crippen LogP contribution in [0.4, 0.5) is 5.69 Å². The van der Waals surface area contributed by atoms with E-state index in [1.807, 2.05) is 72.8 Å². The van der Waals surface area contributed by atoms with Gasteiger partial charge >= 0.3 is 0 Å². The Bertz CT molecular complexity index is 1060. The quantitative estimate of drug-likeness (QED) is 0.452. The molecule has 3 aromatic carbocycles. The second-order valence-corrected chi connectivity index (χ2v) is 7.13. The average Bonchev–Trinajstić information content (AvgIpc) is 3.15. The number of oxazole rings is 1. The number of hydrogen-bond donors (Lipinski definition) is 1. The molecule has 4 aromatic rings. The number of nitrogens with one attached hydrogen (secondary N) is 1. The smallest absolute Gasteiger partial charge is 0.257 e. The molecule has 1 heterocycles. The van der Waals surface area contributed by atoms with Crippen molar-refractivity contribution in [2.24, 2.45) is 0 Å². The van der Waals surface area contributed by atoms with E-state index in [1.54, 1.807) is 13.2 Å². The van der Waals surface area contributed by atoms with Crippen molar-refractivity contribution in [3.63, 3.8) is 0 Å². The zero-order chi connectivity index (χ0) is 19.3. The monoisotopic (exact) mass is 390 g/mol. The van der Waals surface area contributed by atoms with Gasteiger partial charge in [-0.1, -0.05) is 48.5 Å². The Hall–Kier alpha value is -3.25. The number of carbonyl (C=O) groups is 1. The third-order valence-corrected chi connectivity index (χ3v) is 5.27. The molecule has 140 valence electrons. The molecule has 0 fully saturated rings. The van der Waals surface area contributed by atoms with Crippen LogP contribution in [0.3, 0.4) is 0 Å². The molecule has 1 aromatic heterocycles. The van der Waals surface area contributed by atoms with Crippen molar-refractivity contribution >= 4 is 34.5 Å². The highest BCUT2D eigenvalue weighted by Crippen LogP contribution is 2.37. The van der Waals surface area contributed by atoms with Gasteiger partial charge in [0, 0.05) is 11.8 Å². The van der Waals surface area contributed by atoms with Crippen LogP contribution < -0.4 is 10.1 Å². The summed E-state index contributed by atoms with van der Waals surface area (Å²) < 4.78 is 11.0. The Labute approximate surface area is 166 Å². The van der Waals surface area contributed by atoms with Gasteiger partial charge in [-0.3, -0.25) is 4.79 Å². The molecular formula is C22H18N2O3S. The van der Waals surface area contributed by atoms with E-state index in [4.69, 9.17) is 9.15 Å². The molecule has 0 aliphatic heterocycles. The summed E-state index contributed by atoms with van der Waals surface area (Å²) in [7, 11) is 1.59. The van der Waals surface area contributed by atoms with Crippen LogP contribution in [0.5, 0.6) is 5.75 Å². The molecule has 0 aliphatic rings. The normalized spacial score (nSPS) is 11.9. The van der Waals surface area contributed by atoms with Crippen LogP contribution in [0, 0.1) is 0 Å². The van der Waals surface area contributed by atoms with Crippen LogP contribution >= 0.6 is 11.8 Å². The minimum atomic E-state index is -0.513. The van der Waals surface area contributed by atoms with Crippen LogP contribution in [0.1, 0.15) is 10.8 Å². The number of amides is 1. The molecule has 1 atom stereocenters. The number of nitrogens with zero attached hydrogens (tertiary/aromatic N) is 1. The second-order valence-electron chi connectivity index (χ2n) is 6.08. The van der Waals surface area contributed by atoms with Crippen molar-refractivity contribution in [3.05, 3.63) is 84.4 Å². The summed E-state index contributed by atoms with van der Waals surface area (Å²) in [6, 6.07) is 24.4. The molecule has 1 unspecified atom stereocenters. The maximum absolute atomic E-state index is 13.1. The summed E-state index contributed by atoms with van der Waals surface area (Å²) in [5.41, 5.74) is 3.01. The lowest BCUT2D eigenvalue weighted by Crippen LogP contribution is -2.19. The maximum Gasteiger partial charge on any atom is 0.257 e. The molecule has 0 aliphatic carbocycles. The first-order chi connectivity index (χ1) is 13.7. The zero-order valence-electron chi connectivity index (χ0n) is 15.2. The molecule has 5 nitrogen and oxygen atoms in total. The molecule has 0 saturated heterocycles. The predicted molar refractivity (Wildman–Crippen MR) is 111 cm³/mol. The fourth-order valence-corrected chi connectivity index (χ4v) is 3.76. The Morgan fingerprint density at radius 2 is 1.82 bits per heavy atom. The highest BCUT2D eigenvalue weighted by molar-refractivity contribution is 8.00. The van der Waals surface area contributed by atoms with Crippen molar-refractivity contribution in [2.45, 2.75) is 10.5 Å². The summed E-state index contributed by atoms with van der Waals surface area (Å²) in [5.74, 6) is 0.521. The number of aromatic nitrogens is 1. The molecule has 28 heavy (non-hydrogen) atoms. The first kappa shape index (κ1) is 18.1. The first-order valence-electron chi connectivity index (χ1n) is 8.75. The first-order valence-corrected chi connectivity index (χ1v) is 9.63. The van der Waals surface area contributed by atoms with Gasteiger partial charge in [0.25, 0.3) is 5.22 Å². The van der Waals surface area contributed by atoms with Gasteiger partial charge in [-0.05, 0) is 41.6 Å². The number of fused-ring (bicyclic) bond motifs is 1. The van der Waals surface area contributed by atoms with Crippen molar-refractivity contribution < 1.29 is 13.9 Å². The van der Waals surface area contributed by atoms with E-state index >= 15 is 0 Å². The number of ether oxygens (including phenoxy) is 1. The summed E-state index contributed by atoms with van der Waals surface area (Å²) in [4.78, 5) is 17.6. The summed E-state index contributed by atoms with van der Waals surface area (Å²) in [5, 5.41) is 2.90. The topological polar surface area (TPSA) is 64.4 Å². The summed E-state index contributed by atoms with van der Waals surface area (Å²) in [6.07, 6.45) is 0. The molecule has 6 heteroatoms. The number of carbonyl (C=O) groups excluding carboxylic acids is 1. The largest absolute Gasteiger partial charge is 0.497 e. The van der Waals surface area contributed by atoms with E-state index in [9.17, 15) is 4.79 Å². The third kappa shape index (κ3) is 4.02. The van der Waals surface area contributed by atoms with Crippen LogP contribution in [-0.2, 0) is 4.79 Å². The molecule has 4 rings (SSSR count). The summed E-state index contributed by atoms with van der Waals surface area (Å²) in [6.45, 7) is 0. The lowest BCUT2D eigenvalue weighted by molar-refractivity contribution is -0.115. The number of thioether (sulfide) groups is 1. The van der Waals surface area contributed by atoms with Gasteiger partial charge in [-0.25, -0.2) is 4.98 Å². The maximum atomic E-state index is 13.1. The van der Waals surface area contributed by atoms with Gasteiger partial charge < -0.3 is 14.5 Å². The van der Waals surface area contributed by atoms with Crippen molar-refractivity contribution in [1.82, 2.24) is 4.98 Å². The van der Waals surface area contributed by atoms with Crippen LogP contribution in [0.25, 0.3) is 11.1 Å². The number of anilines is 1. The molecule has 0 radical (unpaired) electrons.